The molecule has 0 saturated carbocycles. The van der Waals surface area contributed by atoms with E-state index in [-0.39, 0.29) is 18.0 Å². The van der Waals surface area contributed by atoms with Crippen molar-refractivity contribution in [2.24, 2.45) is 5.92 Å². The first-order valence-electron chi connectivity index (χ1n) is 8.44. The van der Waals surface area contributed by atoms with Crippen molar-refractivity contribution < 1.29 is 9.59 Å². The summed E-state index contributed by atoms with van der Waals surface area (Å²) in [5, 5.41) is 5.87. The summed E-state index contributed by atoms with van der Waals surface area (Å²) in [7, 11) is 0. The van der Waals surface area contributed by atoms with E-state index in [1.165, 1.54) is 0 Å². The molecule has 1 aromatic carbocycles. The molecule has 1 fully saturated rings. The van der Waals surface area contributed by atoms with Crippen LogP contribution in [0.25, 0.3) is 0 Å². The molecular weight excluding hydrogens is 290 g/mol. The summed E-state index contributed by atoms with van der Waals surface area (Å²) in [4.78, 5) is 25.6. The molecule has 126 valence electrons. The van der Waals surface area contributed by atoms with Crippen LogP contribution in [-0.2, 0) is 4.79 Å². The second-order valence-electron chi connectivity index (χ2n) is 6.36. The first-order chi connectivity index (χ1) is 11.0. The average molecular weight is 317 g/mol. The Morgan fingerprint density at radius 2 is 1.83 bits per heavy atom. The number of nitrogens with zero attached hydrogens (tertiary/aromatic N) is 1. The molecule has 1 saturated heterocycles. The Labute approximate surface area is 138 Å². The normalized spacial score (nSPS) is 16.7. The summed E-state index contributed by atoms with van der Waals surface area (Å²) in [6.07, 6.45) is 2.61. The number of anilines is 1. The fraction of sp³-hybridized carbons (Fsp3) is 0.556. The zero-order valence-corrected chi connectivity index (χ0v) is 14.3. The topological polar surface area (TPSA) is 61.4 Å². The van der Waals surface area contributed by atoms with E-state index in [4.69, 9.17) is 0 Å². The molecule has 2 N–H and O–H groups in total. The molecule has 1 aromatic rings. The molecule has 1 aliphatic rings. The third kappa shape index (κ3) is 4.98. The third-order valence-electron chi connectivity index (χ3n) is 4.43. The summed E-state index contributed by atoms with van der Waals surface area (Å²) < 4.78 is 0. The van der Waals surface area contributed by atoms with Crippen LogP contribution in [0.4, 0.5) is 10.5 Å². The van der Waals surface area contributed by atoms with Crippen molar-refractivity contribution in [1.82, 2.24) is 10.2 Å². The first-order valence-corrected chi connectivity index (χ1v) is 8.44. The lowest BCUT2D eigenvalue weighted by Gasteiger charge is -2.31. The van der Waals surface area contributed by atoms with Crippen LogP contribution in [0.1, 0.15) is 51.6 Å². The largest absolute Gasteiger partial charge is 0.331 e. The van der Waals surface area contributed by atoms with Gasteiger partial charge in [0, 0.05) is 25.2 Å². The molecule has 1 heterocycles. The average Bonchev–Trinajstić information content (AvgIpc) is 2.55. The number of piperidine rings is 1. The lowest BCUT2D eigenvalue weighted by molar-refractivity contribution is -0.115. The van der Waals surface area contributed by atoms with Crippen LogP contribution in [0.2, 0.25) is 0 Å². The van der Waals surface area contributed by atoms with Crippen molar-refractivity contribution in [1.29, 1.82) is 0 Å². The minimum atomic E-state index is -0.0576. The SMILES string of the molecule is CCC(=O)Nc1ccc(C(C)NC(=O)N2CCC(C)CC2)cc1. The molecule has 5 heteroatoms. The fourth-order valence-electron chi connectivity index (χ4n) is 2.68. The van der Waals surface area contributed by atoms with Crippen LogP contribution in [0.15, 0.2) is 24.3 Å². The Bertz CT molecular complexity index is 534. The number of carbonyl (C=O) groups is 2. The van der Waals surface area contributed by atoms with Gasteiger partial charge in [-0.05, 0) is 43.4 Å². The zero-order chi connectivity index (χ0) is 16.8. The summed E-state index contributed by atoms with van der Waals surface area (Å²) in [6.45, 7) is 7.70. The van der Waals surface area contributed by atoms with E-state index in [0.717, 1.165) is 37.2 Å². The van der Waals surface area contributed by atoms with Crippen LogP contribution in [0, 0.1) is 5.92 Å². The molecule has 3 amide bonds. The highest BCUT2D eigenvalue weighted by molar-refractivity contribution is 5.90. The number of carbonyl (C=O) groups excluding carboxylic acids is 2. The lowest BCUT2D eigenvalue weighted by atomic mass is 9.99. The van der Waals surface area contributed by atoms with E-state index in [2.05, 4.69) is 17.6 Å². The van der Waals surface area contributed by atoms with Gasteiger partial charge < -0.3 is 15.5 Å². The maximum atomic E-state index is 12.3. The smallest absolute Gasteiger partial charge is 0.317 e. The third-order valence-corrected chi connectivity index (χ3v) is 4.43. The second-order valence-corrected chi connectivity index (χ2v) is 6.36. The Morgan fingerprint density at radius 3 is 2.39 bits per heavy atom. The van der Waals surface area contributed by atoms with E-state index >= 15 is 0 Å². The molecule has 5 nitrogen and oxygen atoms in total. The summed E-state index contributed by atoms with van der Waals surface area (Å²) in [5.74, 6) is 0.709. The highest BCUT2D eigenvalue weighted by Crippen LogP contribution is 2.19. The Kier molecular flexibility index (Phi) is 6.02. The maximum Gasteiger partial charge on any atom is 0.317 e. The van der Waals surface area contributed by atoms with Gasteiger partial charge >= 0.3 is 6.03 Å². The van der Waals surface area contributed by atoms with E-state index < -0.39 is 0 Å². The van der Waals surface area contributed by atoms with Gasteiger partial charge in [-0.15, -0.1) is 0 Å². The van der Waals surface area contributed by atoms with E-state index in [1.54, 1.807) is 0 Å². The molecule has 23 heavy (non-hydrogen) atoms. The van der Waals surface area contributed by atoms with Crippen molar-refractivity contribution >= 4 is 17.6 Å². The summed E-state index contributed by atoms with van der Waals surface area (Å²) in [5.41, 5.74) is 1.81. The van der Waals surface area contributed by atoms with Crippen molar-refractivity contribution in [3.8, 4) is 0 Å². The van der Waals surface area contributed by atoms with Gasteiger partial charge in [0.25, 0.3) is 0 Å². The summed E-state index contributed by atoms with van der Waals surface area (Å²) in [6, 6.07) is 7.57. The van der Waals surface area contributed by atoms with Gasteiger partial charge in [-0.2, -0.15) is 0 Å². The Balaban J connectivity index is 1.88. The van der Waals surface area contributed by atoms with Gasteiger partial charge in [-0.3, -0.25) is 4.79 Å². The number of benzene rings is 1. The number of hydrogen-bond acceptors (Lipinski definition) is 2. The second kappa shape index (κ2) is 7.99. The van der Waals surface area contributed by atoms with Crippen molar-refractivity contribution in [2.45, 2.75) is 46.1 Å². The van der Waals surface area contributed by atoms with Crippen molar-refractivity contribution in [3.05, 3.63) is 29.8 Å². The molecule has 1 unspecified atom stereocenters. The van der Waals surface area contributed by atoms with E-state index in [0.29, 0.717) is 12.3 Å². The number of hydrogen-bond donors (Lipinski definition) is 2. The monoisotopic (exact) mass is 317 g/mol. The predicted molar refractivity (Wildman–Crippen MR) is 92.3 cm³/mol. The Hall–Kier alpha value is -2.04. The highest BCUT2D eigenvalue weighted by atomic mass is 16.2. The van der Waals surface area contributed by atoms with Crippen LogP contribution in [0.3, 0.4) is 0 Å². The molecule has 0 bridgehead atoms. The van der Waals surface area contributed by atoms with Gasteiger partial charge in [-0.1, -0.05) is 26.0 Å². The molecule has 1 atom stereocenters. The predicted octanol–water partition coefficient (Wildman–Crippen LogP) is 3.54. The molecule has 0 radical (unpaired) electrons. The number of urea groups is 1. The standard InChI is InChI=1S/C18H27N3O2/c1-4-17(22)20-16-7-5-15(6-8-16)14(3)19-18(23)21-11-9-13(2)10-12-21/h5-8,13-14H,4,9-12H2,1-3H3,(H,19,23)(H,20,22). The molecule has 0 aromatic heterocycles. The molecule has 2 rings (SSSR count). The molecule has 0 spiro atoms. The number of rotatable bonds is 4. The van der Waals surface area contributed by atoms with Crippen molar-refractivity contribution in [3.63, 3.8) is 0 Å². The van der Waals surface area contributed by atoms with Gasteiger partial charge in [0.2, 0.25) is 5.91 Å². The lowest BCUT2D eigenvalue weighted by Crippen LogP contribution is -2.44. The van der Waals surface area contributed by atoms with Gasteiger partial charge in [0.1, 0.15) is 0 Å². The van der Waals surface area contributed by atoms with Crippen LogP contribution in [0.5, 0.6) is 0 Å². The van der Waals surface area contributed by atoms with Crippen LogP contribution >= 0.6 is 0 Å². The molecular formula is C18H27N3O2. The Morgan fingerprint density at radius 1 is 1.22 bits per heavy atom. The zero-order valence-electron chi connectivity index (χ0n) is 14.3. The maximum absolute atomic E-state index is 12.3. The molecule has 0 aliphatic carbocycles. The minimum absolute atomic E-state index is 0.00146. The first kappa shape index (κ1) is 17.3. The number of amides is 3. The van der Waals surface area contributed by atoms with E-state index in [1.807, 2.05) is 43.0 Å². The summed E-state index contributed by atoms with van der Waals surface area (Å²) >= 11 is 0. The van der Waals surface area contributed by atoms with Crippen LogP contribution in [-0.4, -0.2) is 29.9 Å². The molecule has 1 aliphatic heterocycles. The number of likely N-dealkylation sites (tertiary alicyclic amines) is 1. The highest BCUT2D eigenvalue weighted by Gasteiger charge is 2.21. The van der Waals surface area contributed by atoms with Crippen LogP contribution < -0.4 is 10.6 Å². The number of nitrogens with one attached hydrogen (secondary N) is 2. The quantitative estimate of drug-likeness (QED) is 0.892. The minimum Gasteiger partial charge on any atom is -0.331 e. The van der Waals surface area contributed by atoms with Gasteiger partial charge in [0.15, 0.2) is 0 Å². The van der Waals surface area contributed by atoms with Gasteiger partial charge in [-0.25, -0.2) is 4.79 Å². The van der Waals surface area contributed by atoms with Crippen molar-refractivity contribution in [2.75, 3.05) is 18.4 Å². The van der Waals surface area contributed by atoms with Gasteiger partial charge in [0.05, 0.1) is 6.04 Å². The van der Waals surface area contributed by atoms with E-state index in [9.17, 15) is 9.59 Å². The fourth-order valence-corrected chi connectivity index (χ4v) is 2.68.